The number of hydrogen-bond acceptors (Lipinski definition) is 3. The molecule has 11 heavy (non-hydrogen) atoms. The Bertz CT molecular complexity index is 181. The minimum absolute atomic E-state index is 0.0496. The molecular weight excluding hydrogens is 169 g/mol. The molecule has 0 aromatic rings. The Morgan fingerprint density at radius 2 is 2.27 bits per heavy atom. The van der Waals surface area contributed by atoms with Gasteiger partial charge in [0.25, 0.3) is 0 Å². The van der Waals surface area contributed by atoms with E-state index in [9.17, 15) is 4.57 Å². The molecule has 0 aromatic carbocycles. The number of nitrogens with one attached hydrogen (secondary N) is 1. The number of phosphoric ester groups is 1. The van der Waals surface area contributed by atoms with Crippen molar-refractivity contribution in [3.63, 3.8) is 0 Å². The van der Waals surface area contributed by atoms with Crippen molar-refractivity contribution in [2.75, 3.05) is 19.7 Å². The normalized spacial score (nSPS) is 11.0. The van der Waals surface area contributed by atoms with Crippen LogP contribution in [0.1, 0.15) is 0 Å². The predicted molar refractivity (Wildman–Crippen MR) is 39.7 cm³/mol. The van der Waals surface area contributed by atoms with Crippen LogP contribution in [0.2, 0.25) is 0 Å². The second-order valence-electron chi connectivity index (χ2n) is 1.70. The number of phosphoric acid groups is 1. The second-order valence-corrected chi connectivity index (χ2v) is 2.94. The molecule has 5 nitrogen and oxygen atoms in total. The average molecular weight is 179 g/mol. The summed E-state index contributed by atoms with van der Waals surface area (Å²) in [6.45, 7) is 0.645. The minimum atomic E-state index is -4.31. The SMILES string of the molecule is C#CCNCCOP(=O)(O)O. The highest BCUT2D eigenvalue weighted by atomic mass is 31.2. The number of rotatable bonds is 5. The maximum Gasteiger partial charge on any atom is 0.469 e. The first kappa shape index (κ1) is 10.6. The molecule has 0 rings (SSSR count). The van der Waals surface area contributed by atoms with E-state index in [4.69, 9.17) is 16.2 Å². The summed E-state index contributed by atoms with van der Waals surface area (Å²) in [5.74, 6) is 2.30. The summed E-state index contributed by atoms with van der Waals surface area (Å²) < 4.78 is 14.2. The third-order valence-electron chi connectivity index (χ3n) is 0.765. The largest absolute Gasteiger partial charge is 0.469 e. The first-order valence-corrected chi connectivity index (χ1v) is 4.43. The second kappa shape index (κ2) is 5.30. The molecule has 0 aliphatic heterocycles. The predicted octanol–water partition coefficient (Wildman–Crippen LogP) is -0.682. The summed E-state index contributed by atoms with van der Waals surface area (Å²) in [6.07, 6.45) is 4.89. The van der Waals surface area contributed by atoms with Crippen LogP contribution in [-0.2, 0) is 9.09 Å². The molecule has 0 radical (unpaired) electrons. The first-order chi connectivity index (χ1) is 5.06. The molecule has 0 heterocycles. The third-order valence-corrected chi connectivity index (χ3v) is 1.28. The maximum atomic E-state index is 10.1. The van der Waals surface area contributed by atoms with Crippen LogP contribution in [-0.4, -0.2) is 29.5 Å². The van der Waals surface area contributed by atoms with Gasteiger partial charge in [0.15, 0.2) is 0 Å². The Kier molecular flexibility index (Phi) is 5.12. The Morgan fingerprint density at radius 1 is 1.64 bits per heavy atom. The topological polar surface area (TPSA) is 78.8 Å². The molecule has 0 unspecified atom stereocenters. The van der Waals surface area contributed by atoms with Crippen molar-refractivity contribution in [2.24, 2.45) is 0 Å². The molecule has 0 aliphatic carbocycles. The summed E-state index contributed by atoms with van der Waals surface area (Å²) in [4.78, 5) is 16.4. The van der Waals surface area contributed by atoms with Crippen LogP contribution in [0.3, 0.4) is 0 Å². The Hall–Kier alpha value is -0.370. The zero-order valence-electron chi connectivity index (χ0n) is 5.86. The maximum absolute atomic E-state index is 10.1. The molecule has 0 spiro atoms. The van der Waals surface area contributed by atoms with E-state index in [-0.39, 0.29) is 6.61 Å². The van der Waals surface area contributed by atoms with Gasteiger partial charge < -0.3 is 15.1 Å². The molecule has 0 aliphatic rings. The van der Waals surface area contributed by atoms with Crippen LogP contribution >= 0.6 is 7.82 Å². The first-order valence-electron chi connectivity index (χ1n) is 2.90. The van der Waals surface area contributed by atoms with E-state index < -0.39 is 7.82 Å². The Balaban J connectivity index is 3.17. The van der Waals surface area contributed by atoms with E-state index in [0.717, 1.165) is 0 Å². The van der Waals surface area contributed by atoms with Crippen molar-refractivity contribution in [3.05, 3.63) is 0 Å². The molecule has 0 amide bonds. The van der Waals surface area contributed by atoms with Crippen LogP contribution in [0.15, 0.2) is 0 Å². The van der Waals surface area contributed by atoms with Crippen molar-refractivity contribution in [1.29, 1.82) is 0 Å². The molecule has 0 aromatic heterocycles. The van der Waals surface area contributed by atoms with Crippen molar-refractivity contribution in [1.82, 2.24) is 5.32 Å². The van der Waals surface area contributed by atoms with E-state index in [2.05, 4.69) is 15.8 Å². The molecule has 0 saturated heterocycles. The van der Waals surface area contributed by atoms with Gasteiger partial charge >= 0.3 is 7.82 Å². The summed E-state index contributed by atoms with van der Waals surface area (Å²) in [7, 11) is -4.31. The summed E-state index contributed by atoms with van der Waals surface area (Å²) in [6, 6.07) is 0. The quantitative estimate of drug-likeness (QED) is 0.296. The molecule has 6 heteroatoms. The van der Waals surface area contributed by atoms with Crippen LogP contribution in [0.5, 0.6) is 0 Å². The minimum Gasteiger partial charge on any atom is -0.304 e. The van der Waals surface area contributed by atoms with Crippen molar-refractivity contribution >= 4 is 7.82 Å². The van der Waals surface area contributed by atoms with E-state index >= 15 is 0 Å². The zero-order chi connectivity index (χ0) is 8.74. The number of terminal acetylenes is 1. The van der Waals surface area contributed by atoms with Crippen LogP contribution in [0, 0.1) is 12.3 Å². The highest BCUT2D eigenvalue weighted by molar-refractivity contribution is 7.46. The lowest BCUT2D eigenvalue weighted by molar-refractivity contribution is 0.198. The molecule has 0 fully saturated rings. The highest BCUT2D eigenvalue weighted by Gasteiger charge is 2.11. The molecule has 3 N–H and O–H groups in total. The van der Waals surface area contributed by atoms with Crippen LogP contribution in [0.4, 0.5) is 0 Å². The van der Waals surface area contributed by atoms with E-state index in [1.165, 1.54) is 0 Å². The van der Waals surface area contributed by atoms with Gasteiger partial charge in [-0.3, -0.25) is 4.52 Å². The van der Waals surface area contributed by atoms with Crippen molar-refractivity contribution in [3.8, 4) is 12.3 Å². The summed E-state index contributed by atoms with van der Waals surface area (Å²) >= 11 is 0. The zero-order valence-corrected chi connectivity index (χ0v) is 6.75. The van der Waals surface area contributed by atoms with Gasteiger partial charge in [0.2, 0.25) is 0 Å². The average Bonchev–Trinajstić information content (AvgIpc) is 1.85. The van der Waals surface area contributed by atoms with Crippen LogP contribution < -0.4 is 5.32 Å². The van der Waals surface area contributed by atoms with E-state index in [1.807, 2.05) is 0 Å². The smallest absolute Gasteiger partial charge is 0.304 e. The van der Waals surface area contributed by atoms with Crippen molar-refractivity contribution in [2.45, 2.75) is 0 Å². The highest BCUT2D eigenvalue weighted by Crippen LogP contribution is 2.34. The molecule has 64 valence electrons. The molecule has 0 saturated carbocycles. The summed E-state index contributed by atoms with van der Waals surface area (Å²) in [5, 5.41) is 2.70. The lowest BCUT2D eigenvalue weighted by Crippen LogP contribution is -2.19. The van der Waals surface area contributed by atoms with Crippen molar-refractivity contribution < 1.29 is 18.9 Å². The van der Waals surface area contributed by atoms with Gasteiger partial charge in [-0.05, 0) is 0 Å². The van der Waals surface area contributed by atoms with Crippen LogP contribution in [0.25, 0.3) is 0 Å². The van der Waals surface area contributed by atoms with Gasteiger partial charge in [0.05, 0.1) is 13.2 Å². The van der Waals surface area contributed by atoms with E-state index in [1.54, 1.807) is 0 Å². The van der Waals surface area contributed by atoms with Gasteiger partial charge in [-0.15, -0.1) is 6.42 Å². The van der Waals surface area contributed by atoms with Gasteiger partial charge in [-0.25, -0.2) is 4.57 Å². The number of hydrogen-bond donors (Lipinski definition) is 3. The molecular formula is C5H10NO4P. The fraction of sp³-hybridized carbons (Fsp3) is 0.600. The Morgan fingerprint density at radius 3 is 2.73 bits per heavy atom. The lowest BCUT2D eigenvalue weighted by atomic mass is 10.6. The van der Waals surface area contributed by atoms with E-state index in [0.29, 0.717) is 13.1 Å². The summed E-state index contributed by atoms with van der Waals surface area (Å²) in [5.41, 5.74) is 0. The molecule has 0 bridgehead atoms. The van der Waals surface area contributed by atoms with Gasteiger partial charge in [0, 0.05) is 6.54 Å². The fourth-order valence-corrected chi connectivity index (χ4v) is 0.726. The van der Waals surface area contributed by atoms with Gasteiger partial charge in [-0.2, -0.15) is 0 Å². The fourth-order valence-electron chi connectivity index (χ4n) is 0.397. The van der Waals surface area contributed by atoms with Gasteiger partial charge in [0.1, 0.15) is 0 Å². The molecule has 0 atom stereocenters. The standard InChI is InChI=1S/C5H10NO4P/c1-2-3-6-4-5-10-11(7,8)9/h1,6H,3-5H2,(H2,7,8,9). The Labute approximate surface area is 65.0 Å². The monoisotopic (exact) mass is 179 g/mol. The third kappa shape index (κ3) is 9.63. The van der Waals surface area contributed by atoms with Gasteiger partial charge in [-0.1, -0.05) is 5.92 Å². The lowest BCUT2D eigenvalue weighted by Gasteiger charge is -2.03.